The molecule has 0 aliphatic heterocycles. The van der Waals surface area contributed by atoms with E-state index in [1.54, 1.807) is 26.0 Å². The van der Waals surface area contributed by atoms with Gasteiger partial charge < -0.3 is 10.3 Å². The molecule has 7 nitrogen and oxygen atoms in total. The summed E-state index contributed by atoms with van der Waals surface area (Å²) in [5, 5.41) is 2.82. The van der Waals surface area contributed by atoms with Crippen LogP contribution in [0, 0.1) is 0 Å². The fraction of sp³-hybridized carbons (Fsp3) is 0.130. The Balaban J connectivity index is 1.46. The van der Waals surface area contributed by atoms with Crippen LogP contribution < -0.4 is 10.0 Å². The molecule has 1 heterocycles. The van der Waals surface area contributed by atoms with Crippen LogP contribution in [0.5, 0.6) is 0 Å². The van der Waals surface area contributed by atoms with Crippen LogP contribution >= 0.6 is 0 Å². The molecule has 4 aromatic rings. The number of H-pyrrole nitrogens is 1. The number of aromatic amines is 1. The Morgan fingerprint density at radius 1 is 0.935 bits per heavy atom. The van der Waals surface area contributed by atoms with Crippen LogP contribution in [-0.4, -0.2) is 30.3 Å². The number of carbonyl (C=O) groups is 1. The maximum absolute atomic E-state index is 12.5. The number of amides is 1. The van der Waals surface area contributed by atoms with Gasteiger partial charge in [0.1, 0.15) is 5.82 Å². The van der Waals surface area contributed by atoms with Gasteiger partial charge in [0.2, 0.25) is 10.0 Å². The Bertz CT molecular complexity index is 1290. The molecule has 1 aromatic heterocycles. The highest BCUT2D eigenvalue weighted by Gasteiger charge is 2.16. The Hall–Kier alpha value is -3.49. The fourth-order valence-electron chi connectivity index (χ4n) is 3.17. The lowest BCUT2D eigenvalue weighted by Crippen LogP contribution is -2.30. The van der Waals surface area contributed by atoms with Crippen LogP contribution in [0.4, 0.5) is 5.69 Å². The number of hydrogen-bond acceptors (Lipinski definition) is 4. The average molecular weight is 435 g/mol. The van der Waals surface area contributed by atoms with Crippen LogP contribution in [0.15, 0.2) is 77.7 Å². The lowest BCUT2D eigenvalue weighted by molar-refractivity contribution is 0.102. The van der Waals surface area contributed by atoms with Crippen molar-refractivity contribution in [3.8, 4) is 11.4 Å². The molecule has 3 N–H and O–H groups in total. The summed E-state index contributed by atoms with van der Waals surface area (Å²) in [5.74, 6) is 0.433. The van der Waals surface area contributed by atoms with E-state index in [0.717, 1.165) is 22.4 Å². The van der Waals surface area contributed by atoms with Crippen molar-refractivity contribution in [2.75, 3.05) is 5.32 Å². The number of rotatable bonds is 6. The molecule has 0 aliphatic carbocycles. The Morgan fingerprint density at radius 3 is 2.26 bits per heavy atom. The van der Waals surface area contributed by atoms with Crippen molar-refractivity contribution in [3.63, 3.8) is 0 Å². The van der Waals surface area contributed by atoms with Crippen LogP contribution in [-0.2, 0) is 10.0 Å². The number of para-hydroxylation sites is 2. The molecule has 8 heteroatoms. The Kier molecular flexibility index (Phi) is 5.58. The van der Waals surface area contributed by atoms with Crippen molar-refractivity contribution in [3.05, 3.63) is 78.4 Å². The Morgan fingerprint density at radius 2 is 1.61 bits per heavy atom. The molecular formula is C23H22N4O3S. The van der Waals surface area contributed by atoms with E-state index in [-0.39, 0.29) is 16.8 Å². The molecule has 0 saturated heterocycles. The highest BCUT2D eigenvalue weighted by Crippen LogP contribution is 2.22. The Labute approximate surface area is 180 Å². The largest absolute Gasteiger partial charge is 0.338 e. The first kappa shape index (κ1) is 20.8. The van der Waals surface area contributed by atoms with E-state index in [4.69, 9.17) is 0 Å². The lowest BCUT2D eigenvalue weighted by Gasteiger charge is -2.10. The molecule has 0 spiro atoms. The standard InChI is InChI=1S/C23H22N4O3S/c1-15(2)27-31(29,30)19-13-9-17(10-14-19)23(28)24-18-11-7-16(8-12-18)22-25-20-5-3-4-6-21(20)26-22/h3-15,27H,1-2H3,(H,24,28)(H,25,26). The molecule has 0 aliphatic rings. The van der Waals surface area contributed by atoms with Gasteiger partial charge in [-0.05, 0) is 74.5 Å². The summed E-state index contributed by atoms with van der Waals surface area (Å²) < 4.78 is 26.9. The van der Waals surface area contributed by atoms with Crippen molar-refractivity contribution in [2.24, 2.45) is 0 Å². The van der Waals surface area contributed by atoms with Crippen LogP contribution in [0.3, 0.4) is 0 Å². The number of aromatic nitrogens is 2. The van der Waals surface area contributed by atoms with E-state index in [9.17, 15) is 13.2 Å². The summed E-state index contributed by atoms with van der Waals surface area (Å²) in [6.07, 6.45) is 0. The zero-order chi connectivity index (χ0) is 22.0. The van der Waals surface area contributed by atoms with Gasteiger partial charge in [0.25, 0.3) is 5.91 Å². The number of sulfonamides is 1. The van der Waals surface area contributed by atoms with Gasteiger partial charge in [-0.3, -0.25) is 4.79 Å². The summed E-state index contributed by atoms with van der Waals surface area (Å²) in [7, 11) is -3.59. The monoisotopic (exact) mass is 434 g/mol. The average Bonchev–Trinajstić information content (AvgIpc) is 3.18. The second-order valence-electron chi connectivity index (χ2n) is 7.43. The van der Waals surface area contributed by atoms with Crippen molar-refractivity contribution in [1.29, 1.82) is 0 Å². The number of imidazole rings is 1. The van der Waals surface area contributed by atoms with Crippen LogP contribution in [0.25, 0.3) is 22.4 Å². The topological polar surface area (TPSA) is 104 Å². The number of fused-ring (bicyclic) bond motifs is 1. The number of anilines is 1. The van der Waals surface area contributed by atoms with E-state index in [1.165, 1.54) is 24.3 Å². The number of hydrogen-bond donors (Lipinski definition) is 3. The van der Waals surface area contributed by atoms with Crippen molar-refractivity contribution >= 4 is 32.7 Å². The van der Waals surface area contributed by atoms with Gasteiger partial charge >= 0.3 is 0 Å². The maximum Gasteiger partial charge on any atom is 0.255 e. The summed E-state index contributed by atoms with van der Waals surface area (Å²) >= 11 is 0. The quantitative estimate of drug-likeness (QED) is 0.424. The number of benzene rings is 3. The number of nitrogens with zero attached hydrogens (tertiary/aromatic N) is 1. The van der Waals surface area contributed by atoms with Crippen molar-refractivity contribution in [1.82, 2.24) is 14.7 Å². The van der Waals surface area contributed by atoms with Gasteiger partial charge in [0.05, 0.1) is 15.9 Å². The third kappa shape index (κ3) is 4.65. The first-order valence-electron chi connectivity index (χ1n) is 9.81. The number of carbonyl (C=O) groups excluding carboxylic acids is 1. The summed E-state index contributed by atoms with van der Waals surface area (Å²) in [6.45, 7) is 3.50. The van der Waals surface area contributed by atoms with Gasteiger partial charge in [0.15, 0.2) is 0 Å². The van der Waals surface area contributed by atoms with Crippen LogP contribution in [0.1, 0.15) is 24.2 Å². The fourth-order valence-corrected chi connectivity index (χ4v) is 4.42. The normalized spacial score (nSPS) is 11.7. The van der Waals surface area contributed by atoms with Gasteiger partial charge in [-0.1, -0.05) is 12.1 Å². The summed E-state index contributed by atoms with van der Waals surface area (Å²) in [6, 6.07) is 20.8. The molecule has 0 saturated carbocycles. The molecule has 0 unspecified atom stereocenters. The van der Waals surface area contributed by atoms with E-state index >= 15 is 0 Å². The van der Waals surface area contributed by atoms with E-state index < -0.39 is 10.0 Å². The SMILES string of the molecule is CC(C)NS(=O)(=O)c1ccc(C(=O)Nc2ccc(-c3nc4ccccc4[nH]3)cc2)cc1. The van der Waals surface area contributed by atoms with Crippen molar-refractivity contribution in [2.45, 2.75) is 24.8 Å². The molecule has 1 amide bonds. The second-order valence-corrected chi connectivity index (χ2v) is 9.15. The molecule has 0 radical (unpaired) electrons. The van der Waals surface area contributed by atoms with Gasteiger partial charge in [0, 0.05) is 22.9 Å². The molecule has 0 fully saturated rings. The molecular weight excluding hydrogens is 412 g/mol. The van der Waals surface area contributed by atoms with Gasteiger partial charge in [-0.2, -0.15) is 0 Å². The minimum absolute atomic E-state index is 0.118. The minimum atomic E-state index is -3.59. The summed E-state index contributed by atoms with van der Waals surface area (Å²) in [4.78, 5) is 20.5. The van der Waals surface area contributed by atoms with E-state index in [2.05, 4.69) is 20.0 Å². The highest BCUT2D eigenvalue weighted by molar-refractivity contribution is 7.89. The predicted octanol–water partition coefficient (Wildman–Crippen LogP) is 4.17. The zero-order valence-electron chi connectivity index (χ0n) is 17.1. The predicted molar refractivity (Wildman–Crippen MR) is 121 cm³/mol. The molecule has 0 atom stereocenters. The third-order valence-corrected chi connectivity index (χ3v) is 6.30. The van der Waals surface area contributed by atoms with Gasteiger partial charge in [-0.15, -0.1) is 0 Å². The maximum atomic E-state index is 12.5. The molecule has 31 heavy (non-hydrogen) atoms. The molecule has 158 valence electrons. The molecule has 3 aromatic carbocycles. The van der Waals surface area contributed by atoms with Crippen molar-refractivity contribution < 1.29 is 13.2 Å². The second kappa shape index (κ2) is 8.33. The van der Waals surface area contributed by atoms with Gasteiger partial charge in [-0.25, -0.2) is 18.1 Å². The minimum Gasteiger partial charge on any atom is -0.338 e. The molecule has 0 bridgehead atoms. The smallest absolute Gasteiger partial charge is 0.255 e. The first-order chi connectivity index (χ1) is 14.8. The van der Waals surface area contributed by atoms with Crippen LogP contribution in [0.2, 0.25) is 0 Å². The molecule has 4 rings (SSSR count). The zero-order valence-corrected chi connectivity index (χ0v) is 17.9. The van der Waals surface area contributed by atoms with E-state index in [0.29, 0.717) is 11.3 Å². The number of nitrogens with one attached hydrogen (secondary N) is 3. The van der Waals surface area contributed by atoms with E-state index in [1.807, 2.05) is 36.4 Å². The third-order valence-electron chi connectivity index (χ3n) is 4.62. The lowest BCUT2D eigenvalue weighted by atomic mass is 10.1. The highest BCUT2D eigenvalue weighted by atomic mass is 32.2. The summed E-state index contributed by atoms with van der Waals surface area (Å²) in [5.41, 5.74) is 3.75. The first-order valence-corrected chi connectivity index (χ1v) is 11.3.